The van der Waals surface area contributed by atoms with E-state index in [1.807, 2.05) is 6.08 Å². The first kappa shape index (κ1) is 7.78. The zero-order valence-corrected chi connectivity index (χ0v) is 7.47. The Hall–Kier alpha value is -0.850. The lowest BCUT2D eigenvalue weighted by Crippen LogP contribution is -2.17. The summed E-state index contributed by atoms with van der Waals surface area (Å²) in [6, 6.07) is 0. The minimum absolute atomic E-state index is 0.295. The Morgan fingerprint density at radius 3 is 3.00 bits per heavy atom. The molecule has 1 fully saturated rings. The molecule has 2 aliphatic carbocycles. The van der Waals surface area contributed by atoms with Gasteiger partial charge in [0, 0.05) is 6.42 Å². The van der Waals surface area contributed by atoms with Gasteiger partial charge in [0.05, 0.1) is 0 Å². The van der Waals surface area contributed by atoms with E-state index in [4.69, 9.17) is 0 Å². The van der Waals surface area contributed by atoms with Crippen molar-refractivity contribution in [3.05, 3.63) is 23.3 Å². The summed E-state index contributed by atoms with van der Waals surface area (Å²) in [5.41, 5.74) is 2.63. The van der Waals surface area contributed by atoms with Crippen molar-refractivity contribution in [3.63, 3.8) is 0 Å². The van der Waals surface area contributed by atoms with Gasteiger partial charge in [-0.2, -0.15) is 0 Å². The van der Waals surface area contributed by atoms with E-state index in [2.05, 4.69) is 13.0 Å². The molecule has 2 rings (SSSR count). The maximum Gasteiger partial charge on any atom is 0.159 e. The maximum absolute atomic E-state index is 11.3. The molecule has 0 saturated heterocycles. The average Bonchev–Trinajstić information content (AvgIpc) is 1.97. The van der Waals surface area contributed by atoms with Gasteiger partial charge in [-0.25, -0.2) is 0 Å². The van der Waals surface area contributed by atoms with Gasteiger partial charge in [-0.15, -0.1) is 0 Å². The highest BCUT2D eigenvalue weighted by molar-refractivity contribution is 5.92. The molecule has 12 heavy (non-hydrogen) atoms. The van der Waals surface area contributed by atoms with Crippen molar-refractivity contribution in [2.24, 2.45) is 5.92 Å². The standard InChI is InChI=1S/C11H14O/c1-8-2-3-9-4-5-10(9)7-11(12)6-8/h2,7,9H,3-6H2,1H3/b8-2-,10-7-. The van der Waals surface area contributed by atoms with Crippen molar-refractivity contribution in [2.75, 3.05) is 0 Å². The summed E-state index contributed by atoms with van der Waals surface area (Å²) in [4.78, 5) is 11.3. The summed E-state index contributed by atoms with van der Waals surface area (Å²) in [5.74, 6) is 0.993. The molecule has 0 spiro atoms. The number of carbonyl (C=O) groups excluding carboxylic acids is 1. The van der Waals surface area contributed by atoms with Gasteiger partial charge in [0.15, 0.2) is 5.78 Å². The first-order chi connectivity index (χ1) is 5.75. The molecule has 0 amide bonds. The van der Waals surface area contributed by atoms with Crippen LogP contribution in [-0.2, 0) is 4.79 Å². The molecule has 2 aliphatic rings. The second kappa shape index (κ2) is 2.89. The summed E-state index contributed by atoms with van der Waals surface area (Å²) in [7, 11) is 0. The molecule has 0 heterocycles. The second-order valence-corrected chi connectivity index (χ2v) is 3.88. The van der Waals surface area contributed by atoms with E-state index >= 15 is 0 Å². The van der Waals surface area contributed by atoms with E-state index in [-0.39, 0.29) is 0 Å². The summed E-state index contributed by atoms with van der Waals surface area (Å²) >= 11 is 0. The third-order valence-electron chi connectivity index (χ3n) is 2.86. The zero-order chi connectivity index (χ0) is 8.55. The molecular formula is C11H14O. The normalized spacial score (nSPS) is 37.8. The van der Waals surface area contributed by atoms with Crippen molar-refractivity contribution in [3.8, 4) is 0 Å². The van der Waals surface area contributed by atoms with Crippen molar-refractivity contribution in [2.45, 2.75) is 32.6 Å². The molecule has 0 bridgehead atoms. The Labute approximate surface area is 73.2 Å². The Morgan fingerprint density at radius 2 is 2.33 bits per heavy atom. The maximum atomic E-state index is 11.3. The minimum atomic E-state index is 0.295. The molecule has 1 atom stereocenters. The molecule has 1 unspecified atom stereocenters. The molecule has 0 aromatic carbocycles. The molecular weight excluding hydrogens is 148 g/mol. The average molecular weight is 162 g/mol. The fourth-order valence-electron chi connectivity index (χ4n) is 1.92. The van der Waals surface area contributed by atoms with Crippen LogP contribution in [0.25, 0.3) is 0 Å². The smallest absolute Gasteiger partial charge is 0.159 e. The van der Waals surface area contributed by atoms with Crippen LogP contribution in [0.1, 0.15) is 32.6 Å². The number of carbonyl (C=O) groups is 1. The number of hydrogen-bond donors (Lipinski definition) is 0. The van der Waals surface area contributed by atoms with Crippen LogP contribution in [0.2, 0.25) is 0 Å². The van der Waals surface area contributed by atoms with Crippen LogP contribution in [0, 0.1) is 5.92 Å². The molecule has 1 nitrogen and oxygen atoms in total. The van der Waals surface area contributed by atoms with Crippen LogP contribution in [-0.4, -0.2) is 5.78 Å². The van der Waals surface area contributed by atoms with Gasteiger partial charge in [0.1, 0.15) is 0 Å². The van der Waals surface area contributed by atoms with Gasteiger partial charge in [0.2, 0.25) is 0 Å². The molecule has 0 aliphatic heterocycles. The van der Waals surface area contributed by atoms with Gasteiger partial charge in [0.25, 0.3) is 0 Å². The number of rotatable bonds is 0. The first-order valence-corrected chi connectivity index (χ1v) is 4.64. The quantitative estimate of drug-likeness (QED) is 0.500. The minimum Gasteiger partial charge on any atom is -0.295 e. The third-order valence-corrected chi connectivity index (χ3v) is 2.86. The number of allylic oxidation sites excluding steroid dienone is 4. The Morgan fingerprint density at radius 1 is 1.50 bits per heavy atom. The Bertz CT molecular complexity index is 271. The van der Waals surface area contributed by atoms with Crippen LogP contribution in [0.3, 0.4) is 0 Å². The lowest BCUT2D eigenvalue weighted by molar-refractivity contribution is -0.114. The van der Waals surface area contributed by atoms with Crippen molar-refractivity contribution in [1.82, 2.24) is 0 Å². The molecule has 64 valence electrons. The lowest BCUT2D eigenvalue weighted by atomic mass is 9.75. The van der Waals surface area contributed by atoms with E-state index in [0.29, 0.717) is 18.1 Å². The van der Waals surface area contributed by atoms with Gasteiger partial charge < -0.3 is 0 Å². The van der Waals surface area contributed by atoms with Crippen molar-refractivity contribution < 1.29 is 4.79 Å². The molecule has 0 aromatic heterocycles. The van der Waals surface area contributed by atoms with E-state index < -0.39 is 0 Å². The highest BCUT2D eigenvalue weighted by Crippen LogP contribution is 2.37. The molecule has 0 aromatic rings. The molecule has 1 heteroatoms. The predicted molar refractivity (Wildman–Crippen MR) is 48.8 cm³/mol. The van der Waals surface area contributed by atoms with E-state index in [0.717, 1.165) is 12.8 Å². The number of ketones is 1. The monoisotopic (exact) mass is 162 g/mol. The van der Waals surface area contributed by atoms with Crippen LogP contribution < -0.4 is 0 Å². The van der Waals surface area contributed by atoms with Gasteiger partial charge in [-0.05, 0) is 38.2 Å². The molecule has 0 N–H and O–H groups in total. The Kier molecular flexibility index (Phi) is 1.87. The van der Waals surface area contributed by atoms with Crippen molar-refractivity contribution in [1.29, 1.82) is 0 Å². The highest BCUT2D eigenvalue weighted by Gasteiger charge is 2.24. The van der Waals surface area contributed by atoms with E-state index in [1.165, 1.54) is 17.6 Å². The fourth-order valence-corrected chi connectivity index (χ4v) is 1.92. The number of fused-ring (bicyclic) bond motifs is 1. The van der Waals surface area contributed by atoms with Crippen molar-refractivity contribution >= 4 is 5.78 Å². The van der Waals surface area contributed by atoms with Crippen LogP contribution in [0.5, 0.6) is 0 Å². The highest BCUT2D eigenvalue weighted by atomic mass is 16.1. The van der Waals surface area contributed by atoms with Crippen LogP contribution in [0.15, 0.2) is 23.3 Å². The van der Waals surface area contributed by atoms with E-state index in [1.54, 1.807) is 0 Å². The van der Waals surface area contributed by atoms with Crippen LogP contribution >= 0.6 is 0 Å². The van der Waals surface area contributed by atoms with E-state index in [9.17, 15) is 4.79 Å². The zero-order valence-electron chi connectivity index (χ0n) is 7.47. The summed E-state index contributed by atoms with van der Waals surface area (Å²) in [5, 5.41) is 0. The van der Waals surface area contributed by atoms with Gasteiger partial charge in [-0.1, -0.05) is 17.2 Å². The van der Waals surface area contributed by atoms with Gasteiger partial charge in [-0.3, -0.25) is 4.79 Å². The fraction of sp³-hybridized carbons (Fsp3) is 0.545. The first-order valence-electron chi connectivity index (χ1n) is 4.64. The SMILES string of the molecule is C/C1=C/CC2CC/C2=C/C(=O)C1. The third kappa shape index (κ3) is 1.36. The molecule has 1 saturated carbocycles. The summed E-state index contributed by atoms with van der Waals surface area (Å²) < 4.78 is 0. The second-order valence-electron chi connectivity index (χ2n) is 3.88. The Balaban J connectivity index is 2.18. The topological polar surface area (TPSA) is 17.1 Å². The van der Waals surface area contributed by atoms with Crippen LogP contribution in [0.4, 0.5) is 0 Å². The summed E-state index contributed by atoms with van der Waals surface area (Å²) in [6.45, 7) is 2.05. The number of hydrogen-bond acceptors (Lipinski definition) is 1. The largest absolute Gasteiger partial charge is 0.295 e. The summed E-state index contributed by atoms with van der Waals surface area (Å²) in [6.07, 6.45) is 8.34. The predicted octanol–water partition coefficient (Wildman–Crippen LogP) is 2.63. The van der Waals surface area contributed by atoms with Gasteiger partial charge >= 0.3 is 0 Å². The molecule has 0 radical (unpaired) electrons. The lowest BCUT2D eigenvalue weighted by Gasteiger charge is -2.30.